The van der Waals surface area contributed by atoms with Crippen LogP contribution in [0.4, 0.5) is 5.69 Å². The van der Waals surface area contributed by atoms with Gasteiger partial charge in [0.15, 0.2) is 5.79 Å². The van der Waals surface area contributed by atoms with Gasteiger partial charge in [-0.2, -0.15) is 0 Å². The lowest BCUT2D eigenvalue weighted by atomic mass is 10.0. The Labute approximate surface area is 142 Å². The van der Waals surface area contributed by atoms with Crippen LogP contribution in [0.5, 0.6) is 0 Å². The molecule has 0 radical (unpaired) electrons. The van der Waals surface area contributed by atoms with Crippen molar-refractivity contribution in [3.05, 3.63) is 24.0 Å². The first-order valence-electron chi connectivity index (χ1n) is 9.04. The molecule has 4 rings (SSSR count). The van der Waals surface area contributed by atoms with Crippen molar-refractivity contribution in [1.82, 2.24) is 9.88 Å². The minimum absolute atomic E-state index is 0.00745. The van der Waals surface area contributed by atoms with Crippen molar-refractivity contribution in [3.8, 4) is 0 Å². The molecule has 0 aromatic carbocycles. The van der Waals surface area contributed by atoms with E-state index in [0.29, 0.717) is 32.0 Å². The van der Waals surface area contributed by atoms with Crippen molar-refractivity contribution >= 4 is 11.6 Å². The van der Waals surface area contributed by atoms with E-state index in [2.05, 4.69) is 9.88 Å². The van der Waals surface area contributed by atoms with Crippen molar-refractivity contribution in [2.75, 3.05) is 44.3 Å². The molecular formula is C18H25N3O3. The molecule has 1 aromatic heterocycles. The molecule has 4 heterocycles. The third kappa shape index (κ3) is 3.13. The Hall–Kier alpha value is -1.66. The number of aromatic nitrogens is 1. The van der Waals surface area contributed by atoms with Crippen molar-refractivity contribution in [3.63, 3.8) is 0 Å². The monoisotopic (exact) mass is 331 g/mol. The highest BCUT2D eigenvalue weighted by Crippen LogP contribution is 2.31. The number of hydrogen-bond acceptors (Lipinski definition) is 5. The molecule has 1 amide bonds. The Morgan fingerprint density at radius 2 is 1.71 bits per heavy atom. The summed E-state index contributed by atoms with van der Waals surface area (Å²) in [4.78, 5) is 21.3. The summed E-state index contributed by atoms with van der Waals surface area (Å²) >= 11 is 0. The van der Waals surface area contributed by atoms with Gasteiger partial charge in [0.05, 0.1) is 25.1 Å². The van der Waals surface area contributed by atoms with Gasteiger partial charge in [0.25, 0.3) is 5.91 Å². The molecule has 6 heteroatoms. The summed E-state index contributed by atoms with van der Waals surface area (Å²) in [6.45, 7) is 4.82. The smallest absolute Gasteiger partial charge is 0.272 e. The van der Waals surface area contributed by atoms with Gasteiger partial charge < -0.3 is 19.3 Å². The summed E-state index contributed by atoms with van der Waals surface area (Å²) < 4.78 is 11.4. The van der Waals surface area contributed by atoms with Crippen LogP contribution >= 0.6 is 0 Å². The molecule has 0 bridgehead atoms. The maximum Gasteiger partial charge on any atom is 0.272 e. The minimum atomic E-state index is -0.442. The molecule has 6 nitrogen and oxygen atoms in total. The number of likely N-dealkylation sites (tertiary alicyclic amines) is 1. The Morgan fingerprint density at radius 1 is 1.00 bits per heavy atom. The van der Waals surface area contributed by atoms with Gasteiger partial charge in [-0.3, -0.25) is 4.79 Å². The van der Waals surface area contributed by atoms with E-state index in [-0.39, 0.29) is 5.91 Å². The summed E-state index contributed by atoms with van der Waals surface area (Å²) in [6.07, 6.45) is 7.10. The topological polar surface area (TPSA) is 54.9 Å². The van der Waals surface area contributed by atoms with Crippen LogP contribution in [0.25, 0.3) is 0 Å². The summed E-state index contributed by atoms with van der Waals surface area (Å²) in [5.74, 6) is -0.435. The third-order valence-corrected chi connectivity index (χ3v) is 5.31. The van der Waals surface area contributed by atoms with Crippen LogP contribution in [0.15, 0.2) is 18.3 Å². The van der Waals surface area contributed by atoms with E-state index in [0.717, 1.165) is 31.6 Å². The number of pyridine rings is 1. The second kappa shape index (κ2) is 6.69. The molecule has 0 atom stereocenters. The highest BCUT2D eigenvalue weighted by molar-refractivity contribution is 5.92. The summed E-state index contributed by atoms with van der Waals surface area (Å²) in [5.41, 5.74) is 1.65. The van der Waals surface area contributed by atoms with E-state index in [1.54, 1.807) is 0 Å². The van der Waals surface area contributed by atoms with E-state index < -0.39 is 5.79 Å². The summed E-state index contributed by atoms with van der Waals surface area (Å²) in [6, 6.07) is 3.89. The molecule has 24 heavy (non-hydrogen) atoms. The molecule has 0 N–H and O–H groups in total. The molecule has 3 fully saturated rings. The number of anilines is 1. The molecule has 130 valence electrons. The Bertz CT molecular complexity index is 568. The normalized spacial score (nSPS) is 23.7. The second-order valence-electron chi connectivity index (χ2n) is 6.85. The van der Waals surface area contributed by atoms with Crippen molar-refractivity contribution in [2.45, 2.75) is 37.9 Å². The second-order valence-corrected chi connectivity index (χ2v) is 6.85. The fourth-order valence-electron chi connectivity index (χ4n) is 3.85. The Balaban J connectivity index is 1.37. The van der Waals surface area contributed by atoms with Gasteiger partial charge >= 0.3 is 0 Å². The molecule has 0 unspecified atom stereocenters. The number of piperidine rings is 2. The van der Waals surface area contributed by atoms with Crippen molar-refractivity contribution < 1.29 is 14.3 Å². The summed E-state index contributed by atoms with van der Waals surface area (Å²) in [7, 11) is 0. The van der Waals surface area contributed by atoms with Crippen LogP contribution in [0, 0.1) is 0 Å². The number of amides is 1. The van der Waals surface area contributed by atoms with Gasteiger partial charge in [-0.15, -0.1) is 0 Å². The van der Waals surface area contributed by atoms with Crippen LogP contribution in [-0.2, 0) is 9.47 Å². The van der Waals surface area contributed by atoms with Crippen LogP contribution in [0.3, 0.4) is 0 Å². The van der Waals surface area contributed by atoms with Gasteiger partial charge in [-0.05, 0) is 31.4 Å². The van der Waals surface area contributed by atoms with Crippen LogP contribution in [0.2, 0.25) is 0 Å². The molecule has 0 saturated carbocycles. The number of hydrogen-bond donors (Lipinski definition) is 0. The zero-order valence-corrected chi connectivity index (χ0v) is 14.1. The van der Waals surface area contributed by atoms with Crippen LogP contribution in [0.1, 0.15) is 42.6 Å². The van der Waals surface area contributed by atoms with Gasteiger partial charge in [-0.25, -0.2) is 4.98 Å². The SMILES string of the molecule is O=C(c1ccc(N2CCCCC2)cn1)N1CCC2(CC1)OCCO2. The minimum Gasteiger partial charge on any atom is -0.370 e. The standard InChI is InChI=1S/C18H25N3O3/c22-17(21-10-6-18(7-11-21)23-12-13-24-18)16-5-4-15(14-19-16)20-8-2-1-3-9-20/h4-5,14H,1-3,6-13H2. The van der Waals surface area contributed by atoms with Crippen LogP contribution < -0.4 is 4.90 Å². The van der Waals surface area contributed by atoms with E-state index in [1.165, 1.54) is 19.3 Å². The average Bonchev–Trinajstić information content (AvgIpc) is 3.11. The zero-order valence-electron chi connectivity index (χ0n) is 14.1. The fourth-order valence-corrected chi connectivity index (χ4v) is 3.85. The first kappa shape index (κ1) is 15.8. The Kier molecular flexibility index (Phi) is 4.41. The Morgan fingerprint density at radius 3 is 2.33 bits per heavy atom. The van der Waals surface area contributed by atoms with E-state index >= 15 is 0 Å². The third-order valence-electron chi connectivity index (χ3n) is 5.31. The zero-order chi connectivity index (χ0) is 16.4. The quantitative estimate of drug-likeness (QED) is 0.830. The van der Waals surface area contributed by atoms with Crippen LogP contribution in [-0.4, -0.2) is 61.0 Å². The lowest BCUT2D eigenvalue weighted by Gasteiger charge is -2.37. The first-order valence-corrected chi connectivity index (χ1v) is 9.04. The molecule has 1 aromatic rings. The van der Waals surface area contributed by atoms with Crippen molar-refractivity contribution in [2.24, 2.45) is 0 Å². The highest BCUT2D eigenvalue weighted by Gasteiger charge is 2.41. The van der Waals surface area contributed by atoms with Crippen molar-refractivity contribution in [1.29, 1.82) is 0 Å². The molecular weight excluding hydrogens is 306 g/mol. The average molecular weight is 331 g/mol. The fraction of sp³-hybridized carbons (Fsp3) is 0.667. The van der Waals surface area contributed by atoms with E-state index in [1.807, 2.05) is 23.2 Å². The lowest BCUT2D eigenvalue weighted by molar-refractivity contribution is -0.181. The van der Waals surface area contributed by atoms with Gasteiger partial charge in [-0.1, -0.05) is 0 Å². The first-order chi connectivity index (χ1) is 11.8. The maximum absolute atomic E-state index is 12.7. The highest BCUT2D eigenvalue weighted by atomic mass is 16.7. The number of nitrogens with zero attached hydrogens (tertiary/aromatic N) is 3. The maximum atomic E-state index is 12.7. The predicted octanol–water partition coefficient (Wildman–Crippen LogP) is 2.05. The number of carbonyl (C=O) groups is 1. The van der Waals surface area contributed by atoms with E-state index in [9.17, 15) is 4.79 Å². The molecule has 3 aliphatic heterocycles. The van der Waals surface area contributed by atoms with E-state index in [4.69, 9.17) is 9.47 Å². The van der Waals surface area contributed by atoms with Gasteiger partial charge in [0.1, 0.15) is 5.69 Å². The molecule has 3 aliphatic rings. The molecule has 1 spiro atoms. The lowest BCUT2D eigenvalue weighted by Crippen LogP contribution is -2.47. The molecule has 0 aliphatic carbocycles. The van der Waals surface area contributed by atoms with Gasteiger partial charge in [0.2, 0.25) is 0 Å². The number of carbonyl (C=O) groups excluding carboxylic acids is 1. The summed E-state index contributed by atoms with van der Waals surface area (Å²) in [5, 5.41) is 0. The number of ether oxygens (including phenoxy) is 2. The predicted molar refractivity (Wildman–Crippen MR) is 90.1 cm³/mol. The largest absolute Gasteiger partial charge is 0.370 e. The molecule has 3 saturated heterocycles. The van der Waals surface area contributed by atoms with Gasteiger partial charge in [0, 0.05) is 39.0 Å². The number of rotatable bonds is 2.